The number of morpholine rings is 1. The summed E-state index contributed by atoms with van der Waals surface area (Å²) in [6.45, 7) is 4.81. The second-order valence-corrected chi connectivity index (χ2v) is 2.15. The maximum absolute atomic E-state index is 8.96. The lowest BCUT2D eigenvalue weighted by Gasteiger charge is -2.27. The SMILES string of the molecule is C[C](O)N1CCOCC1. The van der Waals surface area contributed by atoms with Gasteiger partial charge in [0.25, 0.3) is 0 Å². The van der Waals surface area contributed by atoms with Crippen LogP contribution in [-0.4, -0.2) is 36.3 Å². The normalized spacial score (nSPS) is 23.0. The molecule has 3 heteroatoms. The van der Waals surface area contributed by atoms with E-state index < -0.39 is 0 Å². The van der Waals surface area contributed by atoms with Gasteiger partial charge in [0.2, 0.25) is 0 Å². The molecule has 1 radical (unpaired) electrons. The van der Waals surface area contributed by atoms with Crippen molar-refractivity contribution in [3.63, 3.8) is 0 Å². The van der Waals surface area contributed by atoms with Gasteiger partial charge in [0, 0.05) is 13.1 Å². The van der Waals surface area contributed by atoms with Crippen molar-refractivity contribution in [1.82, 2.24) is 4.90 Å². The minimum absolute atomic E-state index is 0.401. The van der Waals surface area contributed by atoms with E-state index in [1.807, 2.05) is 4.90 Å². The molecule has 3 nitrogen and oxygen atoms in total. The van der Waals surface area contributed by atoms with E-state index in [1.54, 1.807) is 6.92 Å². The third-order valence-corrected chi connectivity index (χ3v) is 1.47. The molecule has 53 valence electrons. The van der Waals surface area contributed by atoms with Crippen LogP contribution in [0.2, 0.25) is 0 Å². The maximum Gasteiger partial charge on any atom is 0.158 e. The number of aliphatic hydroxyl groups is 1. The van der Waals surface area contributed by atoms with Crippen LogP contribution in [0, 0.1) is 6.23 Å². The van der Waals surface area contributed by atoms with Crippen molar-refractivity contribution < 1.29 is 9.84 Å². The Morgan fingerprint density at radius 3 is 2.33 bits per heavy atom. The number of nitrogens with zero attached hydrogens (tertiary/aromatic N) is 1. The Bertz CT molecular complexity index is 79.1. The summed E-state index contributed by atoms with van der Waals surface area (Å²) in [4.78, 5) is 1.91. The molecule has 0 aliphatic carbocycles. The fourth-order valence-electron chi connectivity index (χ4n) is 0.887. The molecule has 1 N–H and O–H groups in total. The molecular formula is C6H12NO2. The fraction of sp³-hybridized carbons (Fsp3) is 0.833. The van der Waals surface area contributed by atoms with Crippen molar-refractivity contribution >= 4 is 0 Å². The van der Waals surface area contributed by atoms with Gasteiger partial charge in [-0.1, -0.05) is 0 Å². The van der Waals surface area contributed by atoms with E-state index in [-0.39, 0.29) is 0 Å². The second kappa shape index (κ2) is 3.15. The van der Waals surface area contributed by atoms with E-state index in [9.17, 15) is 0 Å². The lowest BCUT2D eigenvalue weighted by Crippen LogP contribution is -2.37. The first kappa shape index (κ1) is 6.99. The molecule has 0 aromatic rings. The Balaban J connectivity index is 2.23. The van der Waals surface area contributed by atoms with Crippen LogP contribution in [0.3, 0.4) is 0 Å². The van der Waals surface area contributed by atoms with Crippen LogP contribution < -0.4 is 0 Å². The summed E-state index contributed by atoms with van der Waals surface area (Å²) in [5, 5.41) is 8.96. The van der Waals surface area contributed by atoms with Crippen molar-refractivity contribution in [3.8, 4) is 0 Å². The molecule has 1 aliphatic rings. The van der Waals surface area contributed by atoms with Crippen molar-refractivity contribution in [3.05, 3.63) is 6.23 Å². The number of hydrogen-bond donors (Lipinski definition) is 1. The van der Waals surface area contributed by atoms with Gasteiger partial charge >= 0.3 is 0 Å². The Morgan fingerprint density at radius 1 is 1.44 bits per heavy atom. The monoisotopic (exact) mass is 130 g/mol. The first-order valence-corrected chi connectivity index (χ1v) is 3.16. The third-order valence-electron chi connectivity index (χ3n) is 1.47. The van der Waals surface area contributed by atoms with Gasteiger partial charge in [-0.15, -0.1) is 0 Å². The van der Waals surface area contributed by atoms with E-state index >= 15 is 0 Å². The summed E-state index contributed by atoms with van der Waals surface area (Å²) < 4.78 is 5.08. The zero-order valence-corrected chi connectivity index (χ0v) is 5.63. The molecular weight excluding hydrogens is 118 g/mol. The lowest BCUT2D eigenvalue weighted by atomic mass is 10.4. The third kappa shape index (κ3) is 1.93. The number of aliphatic hydroxyl groups excluding tert-OH is 1. The topological polar surface area (TPSA) is 32.7 Å². The van der Waals surface area contributed by atoms with Crippen LogP contribution in [0.15, 0.2) is 0 Å². The van der Waals surface area contributed by atoms with Crippen LogP contribution in [0.5, 0.6) is 0 Å². The minimum atomic E-state index is 0.401. The molecule has 0 saturated carbocycles. The van der Waals surface area contributed by atoms with Gasteiger partial charge < -0.3 is 9.84 Å². The van der Waals surface area contributed by atoms with Crippen molar-refractivity contribution in [1.29, 1.82) is 0 Å². The van der Waals surface area contributed by atoms with Crippen LogP contribution >= 0.6 is 0 Å². The Labute approximate surface area is 55.2 Å². The average Bonchev–Trinajstić information content (AvgIpc) is 1.90. The molecule has 0 bridgehead atoms. The van der Waals surface area contributed by atoms with Gasteiger partial charge in [0.05, 0.1) is 13.2 Å². The molecule has 0 aromatic heterocycles. The molecule has 0 unspecified atom stereocenters. The van der Waals surface area contributed by atoms with E-state index in [0.717, 1.165) is 26.3 Å². The summed E-state index contributed by atoms with van der Waals surface area (Å²) in [6, 6.07) is 0. The van der Waals surface area contributed by atoms with Gasteiger partial charge in [-0.2, -0.15) is 0 Å². The van der Waals surface area contributed by atoms with Crippen molar-refractivity contribution in [2.24, 2.45) is 0 Å². The molecule has 1 aliphatic heterocycles. The zero-order valence-electron chi connectivity index (χ0n) is 5.63. The zero-order chi connectivity index (χ0) is 6.69. The van der Waals surface area contributed by atoms with Gasteiger partial charge in [-0.25, -0.2) is 0 Å². The lowest BCUT2D eigenvalue weighted by molar-refractivity contribution is 0.00400. The van der Waals surface area contributed by atoms with Crippen molar-refractivity contribution in [2.45, 2.75) is 6.92 Å². The van der Waals surface area contributed by atoms with E-state index in [4.69, 9.17) is 9.84 Å². The van der Waals surface area contributed by atoms with E-state index in [1.165, 1.54) is 0 Å². The molecule has 0 spiro atoms. The largest absolute Gasteiger partial charge is 0.379 e. The Hall–Kier alpha value is -0.120. The van der Waals surface area contributed by atoms with Gasteiger partial charge in [0.15, 0.2) is 6.23 Å². The molecule has 0 aromatic carbocycles. The smallest absolute Gasteiger partial charge is 0.158 e. The molecule has 1 fully saturated rings. The number of rotatable bonds is 1. The summed E-state index contributed by atoms with van der Waals surface area (Å²) in [5.74, 6) is 0. The highest BCUT2D eigenvalue weighted by molar-refractivity contribution is 4.73. The molecule has 1 heterocycles. The quantitative estimate of drug-likeness (QED) is 0.550. The van der Waals surface area contributed by atoms with Gasteiger partial charge in [-0.3, -0.25) is 4.90 Å². The van der Waals surface area contributed by atoms with Crippen LogP contribution in [0.1, 0.15) is 6.92 Å². The van der Waals surface area contributed by atoms with E-state index in [0.29, 0.717) is 6.23 Å². The van der Waals surface area contributed by atoms with E-state index in [2.05, 4.69) is 0 Å². The fourth-order valence-corrected chi connectivity index (χ4v) is 0.887. The second-order valence-electron chi connectivity index (χ2n) is 2.15. The Morgan fingerprint density at radius 2 is 2.00 bits per heavy atom. The summed E-state index contributed by atoms with van der Waals surface area (Å²) >= 11 is 0. The van der Waals surface area contributed by atoms with Crippen LogP contribution in [0.25, 0.3) is 0 Å². The highest BCUT2D eigenvalue weighted by Crippen LogP contribution is 2.04. The highest BCUT2D eigenvalue weighted by atomic mass is 16.5. The number of ether oxygens (including phenoxy) is 1. The summed E-state index contributed by atoms with van der Waals surface area (Å²) in [7, 11) is 0. The van der Waals surface area contributed by atoms with Gasteiger partial charge in [0.1, 0.15) is 0 Å². The maximum atomic E-state index is 8.96. The molecule has 1 saturated heterocycles. The molecule has 0 amide bonds. The standard InChI is InChI=1S/C6H12NO2/c1-6(8)7-2-4-9-5-3-7/h8H,2-5H2,1H3. The average molecular weight is 130 g/mol. The van der Waals surface area contributed by atoms with Gasteiger partial charge in [-0.05, 0) is 6.92 Å². The molecule has 9 heavy (non-hydrogen) atoms. The summed E-state index contributed by atoms with van der Waals surface area (Å²) in [5.41, 5.74) is 0. The predicted molar refractivity (Wildman–Crippen MR) is 33.2 cm³/mol. The number of hydrogen-bond acceptors (Lipinski definition) is 3. The molecule has 0 atom stereocenters. The Kier molecular flexibility index (Phi) is 2.45. The first-order valence-electron chi connectivity index (χ1n) is 3.16. The van der Waals surface area contributed by atoms with Crippen LogP contribution in [0.4, 0.5) is 0 Å². The van der Waals surface area contributed by atoms with Crippen LogP contribution in [-0.2, 0) is 4.74 Å². The molecule has 1 rings (SSSR count). The van der Waals surface area contributed by atoms with Crippen molar-refractivity contribution in [2.75, 3.05) is 26.3 Å². The predicted octanol–water partition coefficient (Wildman–Crippen LogP) is 0.200. The first-order chi connectivity index (χ1) is 4.30. The highest BCUT2D eigenvalue weighted by Gasteiger charge is 2.14. The summed E-state index contributed by atoms with van der Waals surface area (Å²) in [6.07, 6.45) is 0.401. The minimum Gasteiger partial charge on any atom is -0.379 e.